The van der Waals surface area contributed by atoms with Crippen molar-refractivity contribution in [2.75, 3.05) is 7.11 Å². The maximum atomic E-state index is 10.8. The van der Waals surface area contributed by atoms with E-state index in [0.29, 0.717) is 12.2 Å². The van der Waals surface area contributed by atoms with E-state index >= 15 is 0 Å². The summed E-state index contributed by atoms with van der Waals surface area (Å²) in [6, 6.07) is 1.48. The molecule has 1 aromatic carbocycles. The second kappa shape index (κ2) is 3.66. The number of halogens is 1. The molecule has 0 bridgehead atoms. The summed E-state index contributed by atoms with van der Waals surface area (Å²) in [4.78, 5) is 10.4. The van der Waals surface area contributed by atoms with Crippen molar-refractivity contribution in [3.05, 3.63) is 37.9 Å². The molecule has 4 nitrogen and oxygen atoms in total. The second-order valence-electron chi connectivity index (χ2n) is 3.17. The summed E-state index contributed by atoms with van der Waals surface area (Å²) in [5.74, 6) is 0.364. The first-order valence-corrected chi connectivity index (χ1v) is 5.14. The first kappa shape index (κ1) is 10.2. The molecule has 78 valence electrons. The average Bonchev–Trinajstić information content (AvgIpc) is 2.66. The van der Waals surface area contributed by atoms with Gasteiger partial charge < -0.3 is 4.74 Å². The topological polar surface area (TPSA) is 52.4 Å². The van der Waals surface area contributed by atoms with Gasteiger partial charge >= 0.3 is 5.69 Å². The highest BCUT2D eigenvalue weighted by Crippen LogP contribution is 2.41. The Kier molecular flexibility index (Phi) is 2.48. The molecule has 0 aliphatic heterocycles. The molecule has 0 atom stereocenters. The minimum atomic E-state index is -0.428. The van der Waals surface area contributed by atoms with Crippen LogP contribution >= 0.6 is 15.9 Å². The maximum absolute atomic E-state index is 10.8. The molecule has 1 aliphatic rings. The standard InChI is InChI=1S/C10H8BrNO3/c1-15-10-7-4-2-3-6(7)8(11)5-9(10)12(13)14/h2-3,5H,4H2,1H3. The van der Waals surface area contributed by atoms with Crippen molar-refractivity contribution >= 4 is 27.7 Å². The molecule has 0 saturated heterocycles. The summed E-state index contributed by atoms with van der Waals surface area (Å²) < 4.78 is 5.84. The molecule has 0 aromatic heterocycles. The van der Waals surface area contributed by atoms with Crippen molar-refractivity contribution < 1.29 is 9.66 Å². The number of allylic oxidation sites excluding steroid dienone is 1. The van der Waals surface area contributed by atoms with Crippen LogP contribution in [0.4, 0.5) is 5.69 Å². The summed E-state index contributed by atoms with van der Waals surface area (Å²) in [6.45, 7) is 0. The number of benzene rings is 1. The zero-order chi connectivity index (χ0) is 11.0. The van der Waals surface area contributed by atoms with Crippen molar-refractivity contribution in [1.82, 2.24) is 0 Å². The predicted molar refractivity (Wildman–Crippen MR) is 60.1 cm³/mol. The molecule has 5 heteroatoms. The largest absolute Gasteiger partial charge is 0.490 e. The van der Waals surface area contributed by atoms with Gasteiger partial charge in [-0.15, -0.1) is 0 Å². The number of hydrogen-bond donors (Lipinski definition) is 0. The normalized spacial score (nSPS) is 12.7. The first-order valence-electron chi connectivity index (χ1n) is 4.35. The summed E-state index contributed by atoms with van der Waals surface area (Å²) >= 11 is 3.32. The summed E-state index contributed by atoms with van der Waals surface area (Å²) in [6.07, 6.45) is 4.58. The third kappa shape index (κ3) is 1.52. The van der Waals surface area contributed by atoms with Crippen LogP contribution < -0.4 is 4.74 Å². The van der Waals surface area contributed by atoms with Crippen LogP contribution in [0.1, 0.15) is 11.1 Å². The number of hydrogen-bond acceptors (Lipinski definition) is 3. The van der Waals surface area contributed by atoms with Crippen LogP contribution in [0.15, 0.2) is 16.6 Å². The maximum Gasteiger partial charge on any atom is 0.312 e. The van der Waals surface area contributed by atoms with Crippen molar-refractivity contribution in [2.45, 2.75) is 6.42 Å². The predicted octanol–water partition coefficient (Wildman–Crippen LogP) is 2.94. The molecule has 0 heterocycles. The number of nitrogens with zero attached hydrogens (tertiary/aromatic N) is 1. The lowest BCUT2D eigenvalue weighted by Gasteiger charge is -2.09. The Labute approximate surface area is 94.8 Å². The molecule has 0 saturated carbocycles. The fourth-order valence-corrected chi connectivity index (χ4v) is 2.31. The van der Waals surface area contributed by atoms with Gasteiger partial charge in [-0.2, -0.15) is 0 Å². The Morgan fingerprint density at radius 2 is 2.33 bits per heavy atom. The van der Waals surface area contributed by atoms with E-state index in [1.54, 1.807) is 0 Å². The lowest BCUT2D eigenvalue weighted by Crippen LogP contribution is -1.98. The zero-order valence-electron chi connectivity index (χ0n) is 7.99. The van der Waals surface area contributed by atoms with Crippen LogP contribution in [0.25, 0.3) is 6.08 Å². The number of methoxy groups -OCH3 is 1. The van der Waals surface area contributed by atoms with Gasteiger partial charge in [-0.25, -0.2) is 0 Å². The van der Waals surface area contributed by atoms with Gasteiger partial charge in [0.2, 0.25) is 5.75 Å². The van der Waals surface area contributed by atoms with Gasteiger partial charge in [0.25, 0.3) is 0 Å². The van der Waals surface area contributed by atoms with Gasteiger partial charge in [-0.3, -0.25) is 10.1 Å². The van der Waals surface area contributed by atoms with E-state index in [1.807, 2.05) is 12.2 Å². The van der Waals surface area contributed by atoms with E-state index in [4.69, 9.17) is 4.74 Å². The van der Waals surface area contributed by atoms with Gasteiger partial charge in [0.15, 0.2) is 0 Å². The van der Waals surface area contributed by atoms with E-state index in [2.05, 4.69) is 15.9 Å². The first-order chi connectivity index (χ1) is 7.15. The monoisotopic (exact) mass is 269 g/mol. The fraction of sp³-hybridized carbons (Fsp3) is 0.200. The second-order valence-corrected chi connectivity index (χ2v) is 4.02. The number of ether oxygens (including phenoxy) is 1. The molecule has 0 unspecified atom stereocenters. The summed E-state index contributed by atoms with van der Waals surface area (Å²) in [5, 5.41) is 10.8. The van der Waals surface area contributed by atoms with E-state index in [-0.39, 0.29) is 5.69 Å². The van der Waals surface area contributed by atoms with Gasteiger partial charge in [-0.05, 0) is 27.9 Å². The lowest BCUT2D eigenvalue weighted by molar-refractivity contribution is -0.385. The Balaban J connectivity index is 2.71. The highest BCUT2D eigenvalue weighted by molar-refractivity contribution is 9.10. The van der Waals surface area contributed by atoms with Crippen molar-refractivity contribution in [2.24, 2.45) is 0 Å². The minimum absolute atomic E-state index is 0.00632. The zero-order valence-corrected chi connectivity index (χ0v) is 9.58. The van der Waals surface area contributed by atoms with Crippen molar-refractivity contribution in [3.8, 4) is 5.75 Å². The van der Waals surface area contributed by atoms with Crippen LogP contribution in [0, 0.1) is 10.1 Å². The Hall–Kier alpha value is -1.36. The van der Waals surface area contributed by atoms with Crippen LogP contribution in [0.5, 0.6) is 5.75 Å². The number of nitro benzene ring substituents is 1. The van der Waals surface area contributed by atoms with E-state index in [0.717, 1.165) is 15.6 Å². The van der Waals surface area contributed by atoms with E-state index < -0.39 is 4.92 Å². The van der Waals surface area contributed by atoms with Crippen LogP contribution in [-0.4, -0.2) is 12.0 Å². The SMILES string of the molecule is COc1c([N+](=O)[O-])cc(Br)c2c1CC=C2. The number of rotatable bonds is 2. The summed E-state index contributed by atoms with van der Waals surface area (Å²) in [7, 11) is 1.45. The molecule has 0 spiro atoms. The molecular weight excluding hydrogens is 262 g/mol. The molecule has 0 N–H and O–H groups in total. The van der Waals surface area contributed by atoms with Gasteiger partial charge in [0.1, 0.15) is 0 Å². The molecule has 15 heavy (non-hydrogen) atoms. The van der Waals surface area contributed by atoms with Crippen molar-refractivity contribution in [3.63, 3.8) is 0 Å². The van der Waals surface area contributed by atoms with Crippen molar-refractivity contribution in [1.29, 1.82) is 0 Å². The van der Waals surface area contributed by atoms with Gasteiger partial charge in [0.05, 0.1) is 12.0 Å². The van der Waals surface area contributed by atoms with Gasteiger partial charge in [-0.1, -0.05) is 12.2 Å². The minimum Gasteiger partial charge on any atom is -0.490 e. The molecular formula is C10H8BrNO3. The molecule has 1 aromatic rings. The molecule has 1 aliphatic carbocycles. The van der Waals surface area contributed by atoms with Crippen LogP contribution in [0.2, 0.25) is 0 Å². The molecule has 0 radical (unpaired) electrons. The number of fused-ring (bicyclic) bond motifs is 1. The number of nitro groups is 1. The third-order valence-electron chi connectivity index (χ3n) is 2.36. The quantitative estimate of drug-likeness (QED) is 0.613. The highest BCUT2D eigenvalue weighted by Gasteiger charge is 2.24. The molecule has 2 rings (SSSR count). The average molecular weight is 270 g/mol. The fourth-order valence-electron chi connectivity index (χ4n) is 1.73. The van der Waals surface area contributed by atoms with Crippen LogP contribution in [0.3, 0.4) is 0 Å². The van der Waals surface area contributed by atoms with Crippen LogP contribution in [-0.2, 0) is 6.42 Å². The van der Waals surface area contributed by atoms with E-state index in [1.165, 1.54) is 13.2 Å². The lowest BCUT2D eigenvalue weighted by atomic mass is 10.1. The Morgan fingerprint density at radius 3 is 2.93 bits per heavy atom. The molecule has 0 fully saturated rings. The van der Waals surface area contributed by atoms with Gasteiger partial charge in [0, 0.05) is 16.1 Å². The Morgan fingerprint density at radius 1 is 1.60 bits per heavy atom. The smallest absolute Gasteiger partial charge is 0.312 e. The third-order valence-corrected chi connectivity index (χ3v) is 3.02. The highest BCUT2D eigenvalue weighted by atomic mass is 79.9. The molecule has 0 amide bonds. The van der Waals surface area contributed by atoms with E-state index in [9.17, 15) is 10.1 Å². The Bertz CT molecular complexity index is 468. The summed E-state index contributed by atoms with van der Waals surface area (Å²) in [5.41, 5.74) is 1.85.